The van der Waals surface area contributed by atoms with Crippen LogP contribution in [0, 0.1) is 6.92 Å². The smallest absolute Gasteiger partial charge is 0.164 e. The topological polar surface area (TPSA) is 38.7 Å². The molecule has 0 saturated heterocycles. The van der Waals surface area contributed by atoms with Gasteiger partial charge in [-0.05, 0) is 24.6 Å². The Labute approximate surface area is 129 Å². The lowest BCUT2D eigenvalue weighted by molar-refractivity contribution is 0.215. The summed E-state index contributed by atoms with van der Waals surface area (Å²) in [4.78, 5) is 0. The predicted octanol–water partition coefficient (Wildman–Crippen LogP) is 4.60. The van der Waals surface area contributed by atoms with Crippen LogP contribution < -0.4 is 9.47 Å². The van der Waals surface area contributed by atoms with E-state index in [0.717, 1.165) is 22.4 Å². The van der Waals surface area contributed by atoms with Crippen LogP contribution in [0.25, 0.3) is 0 Å². The van der Waals surface area contributed by atoms with Gasteiger partial charge in [0.1, 0.15) is 11.9 Å². The second kappa shape index (κ2) is 5.15. The summed E-state index contributed by atoms with van der Waals surface area (Å²) in [6, 6.07) is 9.43. The maximum absolute atomic E-state index is 10.2. The molecule has 0 radical (unpaired) electrons. The first-order valence-corrected chi connectivity index (χ1v) is 7.23. The molecule has 0 unspecified atom stereocenters. The minimum Gasteiger partial charge on any atom is -0.504 e. The molecule has 2 atom stereocenters. The zero-order valence-electron chi connectivity index (χ0n) is 12.2. The molecule has 0 fully saturated rings. The molecule has 21 heavy (non-hydrogen) atoms. The molecule has 0 bridgehead atoms. The summed E-state index contributed by atoms with van der Waals surface area (Å²) in [5, 5.41) is 10.9. The summed E-state index contributed by atoms with van der Waals surface area (Å²) in [5.41, 5.74) is 2.92. The summed E-state index contributed by atoms with van der Waals surface area (Å²) < 4.78 is 11.3. The van der Waals surface area contributed by atoms with E-state index in [1.165, 1.54) is 7.11 Å². The van der Waals surface area contributed by atoms with E-state index in [1.807, 2.05) is 31.2 Å². The van der Waals surface area contributed by atoms with E-state index < -0.39 is 0 Å². The van der Waals surface area contributed by atoms with Gasteiger partial charge >= 0.3 is 0 Å². The van der Waals surface area contributed by atoms with E-state index in [9.17, 15) is 5.11 Å². The maximum Gasteiger partial charge on any atom is 0.164 e. The van der Waals surface area contributed by atoms with Crippen LogP contribution in [0.4, 0.5) is 0 Å². The van der Waals surface area contributed by atoms with Crippen molar-refractivity contribution in [1.29, 1.82) is 0 Å². The highest BCUT2D eigenvalue weighted by Gasteiger charge is 2.35. The fraction of sp³-hybridized carbons (Fsp3) is 0.294. The van der Waals surface area contributed by atoms with Gasteiger partial charge in [-0.25, -0.2) is 0 Å². The number of rotatable bonds is 2. The molecule has 2 aromatic carbocycles. The Balaban J connectivity index is 2.04. The molecule has 1 heterocycles. The van der Waals surface area contributed by atoms with E-state index >= 15 is 0 Å². The Morgan fingerprint density at radius 2 is 1.90 bits per heavy atom. The molecule has 1 N–H and O–H groups in total. The van der Waals surface area contributed by atoms with E-state index in [4.69, 9.17) is 21.1 Å². The number of fused-ring (bicyclic) bond motifs is 1. The first-order chi connectivity index (χ1) is 10.0. The highest BCUT2D eigenvalue weighted by molar-refractivity contribution is 6.30. The molecule has 3 rings (SSSR count). The molecule has 0 aromatic heterocycles. The maximum atomic E-state index is 10.2. The Hall–Kier alpha value is -1.87. The minimum atomic E-state index is -0.0810. The highest BCUT2D eigenvalue weighted by atomic mass is 35.5. The van der Waals surface area contributed by atoms with Crippen molar-refractivity contribution >= 4 is 11.6 Å². The molecule has 2 aromatic rings. The molecule has 0 amide bonds. The molecular weight excluding hydrogens is 288 g/mol. The van der Waals surface area contributed by atoms with Crippen LogP contribution in [0.1, 0.15) is 35.6 Å². The highest BCUT2D eigenvalue weighted by Crippen LogP contribution is 2.51. The summed E-state index contributed by atoms with van der Waals surface area (Å²) >= 11 is 5.94. The van der Waals surface area contributed by atoms with Crippen LogP contribution in [-0.2, 0) is 0 Å². The summed E-state index contributed by atoms with van der Waals surface area (Å²) in [7, 11) is 1.54. The van der Waals surface area contributed by atoms with Crippen molar-refractivity contribution in [2.24, 2.45) is 0 Å². The first-order valence-electron chi connectivity index (χ1n) is 6.85. The lowest BCUT2D eigenvalue weighted by atomic mass is 9.90. The molecule has 0 aliphatic carbocycles. The van der Waals surface area contributed by atoms with Crippen molar-refractivity contribution in [3.63, 3.8) is 0 Å². The predicted molar refractivity (Wildman–Crippen MR) is 82.6 cm³/mol. The van der Waals surface area contributed by atoms with Crippen molar-refractivity contribution in [3.8, 4) is 17.2 Å². The normalized spacial score (nSPS) is 20.0. The van der Waals surface area contributed by atoms with Crippen LogP contribution in [0.2, 0.25) is 5.02 Å². The van der Waals surface area contributed by atoms with Crippen molar-refractivity contribution < 1.29 is 14.6 Å². The minimum absolute atomic E-state index is 0.0810. The number of benzene rings is 2. The van der Waals surface area contributed by atoms with Crippen LogP contribution in [-0.4, -0.2) is 12.2 Å². The summed E-state index contributed by atoms with van der Waals surface area (Å²) in [6.45, 7) is 3.99. The van der Waals surface area contributed by atoms with Crippen molar-refractivity contribution in [3.05, 3.63) is 52.0 Å². The number of hydrogen-bond donors (Lipinski definition) is 1. The molecule has 3 nitrogen and oxygen atoms in total. The summed E-state index contributed by atoms with van der Waals surface area (Å²) in [6.07, 6.45) is -0.0810. The van der Waals surface area contributed by atoms with Crippen LogP contribution in [0.3, 0.4) is 0 Å². The molecule has 0 saturated carbocycles. The third-order valence-corrected chi connectivity index (χ3v) is 4.35. The Morgan fingerprint density at radius 3 is 2.52 bits per heavy atom. The van der Waals surface area contributed by atoms with Gasteiger partial charge in [-0.15, -0.1) is 0 Å². The average molecular weight is 305 g/mol. The van der Waals surface area contributed by atoms with Gasteiger partial charge in [-0.1, -0.05) is 30.7 Å². The lowest BCUT2D eigenvalue weighted by Gasteiger charge is -2.16. The quantitative estimate of drug-likeness (QED) is 0.881. The van der Waals surface area contributed by atoms with Gasteiger partial charge in [0.15, 0.2) is 11.5 Å². The third kappa shape index (κ3) is 2.22. The lowest BCUT2D eigenvalue weighted by Crippen LogP contribution is -2.07. The number of hydrogen-bond acceptors (Lipinski definition) is 3. The van der Waals surface area contributed by atoms with Crippen molar-refractivity contribution in [2.75, 3.05) is 7.11 Å². The van der Waals surface area contributed by atoms with Gasteiger partial charge < -0.3 is 14.6 Å². The van der Waals surface area contributed by atoms with Crippen molar-refractivity contribution in [1.82, 2.24) is 0 Å². The fourth-order valence-corrected chi connectivity index (χ4v) is 3.11. The monoisotopic (exact) mass is 304 g/mol. The van der Waals surface area contributed by atoms with Gasteiger partial charge in [-0.3, -0.25) is 0 Å². The molecule has 1 aliphatic heterocycles. The fourth-order valence-electron chi connectivity index (χ4n) is 2.98. The number of halogens is 1. The zero-order chi connectivity index (χ0) is 15.1. The van der Waals surface area contributed by atoms with E-state index in [-0.39, 0.29) is 17.8 Å². The standard InChI is InChI=1S/C17H17ClO3/c1-9-15-10(2)17(11-4-6-12(18)7-5-11)21-13(15)8-14(20-3)16(9)19/h4-8,10,17,19H,1-3H3/t10-,17-/m0/s1. The largest absolute Gasteiger partial charge is 0.504 e. The SMILES string of the molecule is COc1cc2c(c(C)c1O)[C@H](C)[C@@H](c1ccc(Cl)cc1)O2. The van der Waals surface area contributed by atoms with Gasteiger partial charge in [0.05, 0.1) is 7.11 Å². The van der Waals surface area contributed by atoms with Crippen LogP contribution in [0.5, 0.6) is 17.2 Å². The van der Waals surface area contributed by atoms with Gasteiger partial charge in [0.2, 0.25) is 0 Å². The van der Waals surface area contributed by atoms with Crippen LogP contribution in [0.15, 0.2) is 30.3 Å². The van der Waals surface area contributed by atoms with Crippen molar-refractivity contribution in [2.45, 2.75) is 25.9 Å². The van der Waals surface area contributed by atoms with E-state index in [1.54, 1.807) is 6.07 Å². The average Bonchev–Trinajstić information content (AvgIpc) is 2.81. The number of ether oxygens (including phenoxy) is 2. The number of phenols is 1. The van der Waals surface area contributed by atoms with E-state index in [0.29, 0.717) is 10.8 Å². The van der Waals surface area contributed by atoms with Crippen LogP contribution >= 0.6 is 11.6 Å². The zero-order valence-corrected chi connectivity index (χ0v) is 12.9. The Morgan fingerprint density at radius 1 is 1.24 bits per heavy atom. The Bertz CT molecular complexity index is 679. The van der Waals surface area contributed by atoms with E-state index in [2.05, 4.69) is 6.92 Å². The molecular formula is C17H17ClO3. The first kappa shape index (κ1) is 14.1. The molecule has 110 valence electrons. The second-order valence-corrected chi connectivity index (χ2v) is 5.78. The van der Waals surface area contributed by atoms with Gasteiger partial charge in [0, 0.05) is 28.1 Å². The number of methoxy groups -OCH3 is 1. The third-order valence-electron chi connectivity index (χ3n) is 4.10. The molecule has 1 aliphatic rings. The van der Waals surface area contributed by atoms with Gasteiger partial charge in [0.25, 0.3) is 0 Å². The Kier molecular flexibility index (Phi) is 3.46. The number of phenolic OH excluding ortho intramolecular Hbond substituents is 1. The second-order valence-electron chi connectivity index (χ2n) is 5.34. The molecule has 4 heteroatoms. The summed E-state index contributed by atoms with van der Waals surface area (Å²) in [5.74, 6) is 1.55. The molecule has 0 spiro atoms. The number of aromatic hydroxyl groups is 1. The van der Waals surface area contributed by atoms with Gasteiger partial charge in [-0.2, -0.15) is 0 Å².